The van der Waals surface area contributed by atoms with Gasteiger partial charge in [-0.15, -0.1) is 0 Å². The standard InChI is InChI=1S/C15H20O4/c1-14(2)7-4-8-15(3,19-14)11-6-5-10(13(17)18)9-12(11)16/h5-6,9,16H,4,7-8H2,1-3H3,(H,17,18)/t15-/m0/s1. The fraction of sp³-hybridized carbons (Fsp3) is 0.533. The van der Waals surface area contributed by atoms with E-state index in [1.165, 1.54) is 12.1 Å². The molecule has 19 heavy (non-hydrogen) atoms. The monoisotopic (exact) mass is 264 g/mol. The Morgan fingerprint density at radius 3 is 2.47 bits per heavy atom. The minimum atomic E-state index is -1.04. The van der Waals surface area contributed by atoms with Crippen molar-refractivity contribution in [3.63, 3.8) is 0 Å². The summed E-state index contributed by atoms with van der Waals surface area (Å²) in [4.78, 5) is 10.9. The SMILES string of the molecule is CC1(C)CCC[C@@](C)(c2ccc(C(=O)O)cc2O)O1. The topological polar surface area (TPSA) is 66.8 Å². The number of aromatic hydroxyl groups is 1. The third kappa shape index (κ3) is 2.73. The van der Waals surface area contributed by atoms with Crippen LogP contribution in [0, 0.1) is 0 Å². The summed E-state index contributed by atoms with van der Waals surface area (Å²) < 4.78 is 6.12. The smallest absolute Gasteiger partial charge is 0.335 e. The molecule has 0 aromatic heterocycles. The van der Waals surface area contributed by atoms with Crippen molar-refractivity contribution in [2.45, 2.75) is 51.2 Å². The Morgan fingerprint density at radius 1 is 1.26 bits per heavy atom. The highest BCUT2D eigenvalue weighted by atomic mass is 16.5. The first-order chi connectivity index (χ1) is 8.73. The van der Waals surface area contributed by atoms with Crippen molar-refractivity contribution in [3.8, 4) is 5.75 Å². The average molecular weight is 264 g/mol. The Kier molecular flexibility index (Phi) is 3.31. The van der Waals surface area contributed by atoms with Gasteiger partial charge >= 0.3 is 5.97 Å². The molecule has 0 radical (unpaired) electrons. The first-order valence-corrected chi connectivity index (χ1v) is 6.50. The third-order valence-electron chi connectivity index (χ3n) is 3.75. The molecule has 104 valence electrons. The predicted molar refractivity (Wildman–Crippen MR) is 71.4 cm³/mol. The van der Waals surface area contributed by atoms with E-state index in [0.29, 0.717) is 5.56 Å². The number of carboxylic acids is 1. The van der Waals surface area contributed by atoms with Gasteiger partial charge in [0.2, 0.25) is 0 Å². The van der Waals surface area contributed by atoms with E-state index in [0.717, 1.165) is 19.3 Å². The van der Waals surface area contributed by atoms with Crippen molar-refractivity contribution in [3.05, 3.63) is 29.3 Å². The molecule has 0 aliphatic carbocycles. The molecule has 1 aliphatic rings. The number of phenols is 1. The Hall–Kier alpha value is -1.55. The molecular formula is C15H20O4. The molecule has 2 rings (SSSR count). The molecule has 4 nitrogen and oxygen atoms in total. The Bertz CT molecular complexity index is 507. The van der Waals surface area contributed by atoms with Crippen LogP contribution in [-0.4, -0.2) is 21.8 Å². The van der Waals surface area contributed by atoms with Crippen LogP contribution >= 0.6 is 0 Å². The Morgan fingerprint density at radius 2 is 1.95 bits per heavy atom. The predicted octanol–water partition coefficient (Wildman–Crippen LogP) is 3.28. The van der Waals surface area contributed by atoms with Crippen molar-refractivity contribution in [1.82, 2.24) is 0 Å². The van der Waals surface area contributed by atoms with Crippen LogP contribution in [0.1, 0.15) is 56.0 Å². The van der Waals surface area contributed by atoms with Gasteiger partial charge in [-0.2, -0.15) is 0 Å². The van der Waals surface area contributed by atoms with Gasteiger partial charge in [0.25, 0.3) is 0 Å². The molecular weight excluding hydrogens is 244 g/mol. The quantitative estimate of drug-likeness (QED) is 0.860. The highest BCUT2D eigenvalue weighted by Gasteiger charge is 2.40. The van der Waals surface area contributed by atoms with Gasteiger partial charge < -0.3 is 14.9 Å². The number of carboxylic acid groups (broad SMARTS) is 1. The zero-order valence-corrected chi connectivity index (χ0v) is 11.6. The lowest BCUT2D eigenvalue weighted by Gasteiger charge is -2.44. The molecule has 1 atom stereocenters. The van der Waals surface area contributed by atoms with Gasteiger partial charge in [0.1, 0.15) is 5.75 Å². The molecule has 1 saturated heterocycles. The second-order valence-electron chi connectivity index (χ2n) is 5.98. The van der Waals surface area contributed by atoms with E-state index in [4.69, 9.17) is 9.84 Å². The number of aromatic carboxylic acids is 1. The molecule has 0 amide bonds. The first kappa shape index (κ1) is 13.9. The van der Waals surface area contributed by atoms with E-state index in [1.54, 1.807) is 6.07 Å². The van der Waals surface area contributed by atoms with Gasteiger partial charge in [-0.05, 0) is 52.2 Å². The van der Waals surface area contributed by atoms with Crippen LogP contribution in [0.5, 0.6) is 5.75 Å². The highest BCUT2D eigenvalue weighted by molar-refractivity contribution is 5.88. The maximum Gasteiger partial charge on any atom is 0.335 e. The number of ether oxygens (including phenoxy) is 1. The van der Waals surface area contributed by atoms with Crippen molar-refractivity contribution in [2.24, 2.45) is 0 Å². The van der Waals surface area contributed by atoms with E-state index < -0.39 is 11.6 Å². The van der Waals surface area contributed by atoms with Crippen LogP contribution in [0.15, 0.2) is 18.2 Å². The molecule has 0 unspecified atom stereocenters. The van der Waals surface area contributed by atoms with Crippen molar-refractivity contribution in [2.75, 3.05) is 0 Å². The summed E-state index contributed by atoms with van der Waals surface area (Å²) in [5.74, 6) is -1.06. The minimum absolute atomic E-state index is 0.0138. The summed E-state index contributed by atoms with van der Waals surface area (Å²) >= 11 is 0. The van der Waals surface area contributed by atoms with Gasteiger partial charge in [0.05, 0.1) is 16.8 Å². The van der Waals surface area contributed by atoms with E-state index in [1.807, 2.05) is 20.8 Å². The summed E-state index contributed by atoms with van der Waals surface area (Å²) in [7, 11) is 0. The van der Waals surface area contributed by atoms with Crippen molar-refractivity contribution < 1.29 is 19.7 Å². The minimum Gasteiger partial charge on any atom is -0.508 e. The van der Waals surface area contributed by atoms with Crippen molar-refractivity contribution in [1.29, 1.82) is 0 Å². The van der Waals surface area contributed by atoms with Crippen LogP contribution in [0.4, 0.5) is 0 Å². The van der Waals surface area contributed by atoms with Crippen LogP contribution in [-0.2, 0) is 10.3 Å². The van der Waals surface area contributed by atoms with Gasteiger partial charge in [0.15, 0.2) is 0 Å². The van der Waals surface area contributed by atoms with Crippen LogP contribution in [0.2, 0.25) is 0 Å². The second kappa shape index (κ2) is 4.53. The summed E-state index contributed by atoms with van der Waals surface area (Å²) in [5, 5.41) is 19.0. The molecule has 0 saturated carbocycles. The van der Waals surface area contributed by atoms with Gasteiger partial charge in [-0.1, -0.05) is 6.07 Å². The molecule has 1 heterocycles. The summed E-state index contributed by atoms with van der Waals surface area (Å²) in [6, 6.07) is 4.45. The normalized spacial score (nSPS) is 26.1. The van der Waals surface area contributed by atoms with Gasteiger partial charge in [0, 0.05) is 5.56 Å². The molecule has 0 spiro atoms. The van der Waals surface area contributed by atoms with E-state index in [9.17, 15) is 9.90 Å². The zero-order chi connectivity index (χ0) is 14.3. The maximum atomic E-state index is 10.9. The van der Waals surface area contributed by atoms with Gasteiger partial charge in [-0.25, -0.2) is 4.79 Å². The lowest BCUT2D eigenvalue weighted by Crippen LogP contribution is -2.41. The lowest BCUT2D eigenvalue weighted by atomic mass is 9.82. The van der Waals surface area contributed by atoms with E-state index in [2.05, 4.69) is 0 Å². The summed E-state index contributed by atoms with van der Waals surface area (Å²) in [6.45, 7) is 6.02. The Balaban J connectivity index is 2.38. The molecule has 1 aliphatic heterocycles. The lowest BCUT2D eigenvalue weighted by molar-refractivity contribution is -0.171. The number of hydrogen-bond donors (Lipinski definition) is 2. The van der Waals surface area contributed by atoms with E-state index >= 15 is 0 Å². The van der Waals surface area contributed by atoms with Crippen LogP contribution in [0.25, 0.3) is 0 Å². The third-order valence-corrected chi connectivity index (χ3v) is 3.75. The van der Waals surface area contributed by atoms with Crippen LogP contribution < -0.4 is 0 Å². The molecule has 4 heteroatoms. The highest BCUT2D eigenvalue weighted by Crippen LogP contribution is 2.44. The molecule has 2 N–H and O–H groups in total. The molecule has 1 aromatic rings. The maximum absolute atomic E-state index is 10.9. The number of carbonyl (C=O) groups is 1. The largest absolute Gasteiger partial charge is 0.508 e. The Labute approximate surface area is 113 Å². The number of phenolic OH excluding ortho intramolecular Hbond substituents is 1. The number of benzene rings is 1. The first-order valence-electron chi connectivity index (χ1n) is 6.50. The van der Waals surface area contributed by atoms with Crippen LogP contribution in [0.3, 0.4) is 0 Å². The number of hydrogen-bond acceptors (Lipinski definition) is 3. The zero-order valence-electron chi connectivity index (χ0n) is 11.6. The molecule has 1 aromatic carbocycles. The fourth-order valence-corrected chi connectivity index (χ4v) is 2.86. The summed E-state index contributed by atoms with van der Waals surface area (Å²) in [5.41, 5.74) is -0.0569. The van der Waals surface area contributed by atoms with Crippen molar-refractivity contribution >= 4 is 5.97 Å². The molecule has 0 bridgehead atoms. The average Bonchev–Trinajstić information content (AvgIpc) is 2.26. The number of rotatable bonds is 2. The van der Waals surface area contributed by atoms with Gasteiger partial charge in [-0.3, -0.25) is 0 Å². The summed E-state index contributed by atoms with van der Waals surface area (Å²) in [6.07, 6.45) is 2.82. The second-order valence-corrected chi connectivity index (χ2v) is 5.98. The van der Waals surface area contributed by atoms with E-state index in [-0.39, 0.29) is 16.9 Å². The fourth-order valence-electron chi connectivity index (χ4n) is 2.86. The molecule has 1 fully saturated rings.